The third-order valence-corrected chi connectivity index (χ3v) is 5.40. The summed E-state index contributed by atoms with van der Waals surface area (Å²) in [6.45, 7) is 4.24. The van der Waals surface area contributed by atoms with E-state index in [0.29, 0.717) is 46.5 Å². The van der Waals surface area contributed by atoms with E-state index in [4.69, 9.17) is 0 Å². The second kappa shape index (κ2) is 11.5. The van der Waals surface area contributed by atoms with Crippen molar-refractivity contribution in [3.05, 3.63) is 41.2 Å². The number of carbonyl (C=O) groups is 2. The maximum Gasteiger partial charge on any atom is 0.336 e. The standard InChI is InChI=1S/C20H21N9O3S.Y/c1-3-6-14(30)21-9-11(2)17-23-18-16(24-26-20-25-22-10-33-20)15(27-29(18)28-17)12-7-4-5-8-13(12)19(31)32;/h4-5,7-8,10-11,27H,3,6,9H2,1-2H3,(H,21,30)(H,31,32);. The minimum absolute atomic E-state index is 0. The summed E-state index contributed by atoms with van der Waals surface area (Å²) >= 11 is 1.21. The average molecular weight is 556 g/mol. The van der Waals surface area contributed by atoms with Crippen LogP contribution in [0.15, 0.2) is 40.0 Å². The summed E-state index contributed by atoms with van der Waals surface area (Å²) in [5.41, 5.74) is 3.16. The number of aromatic amines is 1. The van der Waals surface area contributed by atoms with E-state index < -0.39 is 5.97 Å². The van der Waals surface area contributed by atoms with Crippen molar-refractivity contribution in [2.24, 2.45) is 10.2 Å². The number of carboxylic acids is 1. The largest absolute Gasteiger partial charge is 0.478 e. The Balaban J connectivity index is 0.00000324. The Bertz CT molecular complexity index is 1320. The van der Waals surface area contributed by atoms with Gasteiger partial charge in [0.05, 0.1) is 11.3 Å². The molecule has 173 valence electrons. The molecule has 3 aromatic heterocycles. The summed E-state index contributed by atoms with van der Waals surface area (Å²) in [6, 6.07) is 6.56. The fourth-order valence-electron chi connectivity index (χ4n) is 3.19. The van der Waals surface area contributed by atoms with Crippen LogP contribution in [0.5, 0.6) is 0 Å². The van der Waals surface area contributed by atoms with Crippen LogP contribution in [0.25, 0.3) is 16.9 Å². The molecule has 0 aliphatic rings. The molecule has 1 aromatic carbocycles. The predicted octanol–water partition coefficient (Wildman–Crippen LogP) is 3.71. The zero-order valence-electron chi connectivity index (χ0n) is 18.5. The van der Waals surface area contributed by atoms with Crippen molar-refractivity contribution in [2.75, 3.05) is 6.54 Å². The number of amides is 1. The van der Waals surface area contributed by atoms with Crippen LogP contribution >= 0.6 is 11.3 Å². The second-order valence-corrected chi connectivity index (χ2v) is 8.08. The van der Waals surface area contributed by atoms with Crippen molar-refractivity contribution >= 4 is 39.7 Å². The van der Waals surface area contributed by atoms with Crippen LogP contribution in [-0.2, 0) is 37.5 Å². The molecule has 0 bridgehead atoms. The Kier molecular flexibility index (Phi) is 8.69. The maximum absolute atomic E-state index is 11.8. The Morgan fingerprint density at radius 2 is 2.09 bits per heavy atom. The van der Waals surface area contributed by atoms with E-state index >= 15 is 0 Å². The van der Waals surface area contributed by atoms with Gasteiger partial charge in [-0.1, -0.05) is 43.4 Å². The zero-order valence-corrected chi connectivity index (χ0v) is 22.1. The van der Waals surface area contributed by atoms with Gasteiger partial charge in [0.25, 0.3) is 5.13 Å². The van der Waals surface area contributed by atoms with Crippen molar-refractivity contribution in [3.8, 4) is 11.3 Å². The molecule has 4 aromatic rings. The van der Waals surface area contributed by atoms with Crippen molar-refractivity contribution < 1.29 is 47.4 Å². The van der Waals surface area contributed by atoms with Crippen molar-refractivity contribution in [2.45, 2.75) is 32.6 Å². The molecule has 0 spiro atoms. The molecular formula is C20H21N9O3SY. The van der Waals surface area contributed by atoms with E-state index in [0.717, 1.165) is 6.42 Å². The molecule has 0 saturated heterocycles. The van der Waals surface area contributed by atoms with E-state index in [1.165, 1.54) is 27.5 Å². The average Bonchev–Trinajstić information content (AvgIpc) is 3.53. The molecule has 12 nitrogen and oxygen atoms in total. The smallest absolute Gasteiger partial charge is 0.336 e. The number of benzene rings is 1. The summed E-state index contributed by atoms with van der Waals surface area (Å²) in [6.07, 6.45) is 1.24. The van der Waals surface area contributed by atoms with Crippen LogP contribution in [0, 0.1) is 0 Å². The molecular weight excluding hydrogens is 535 g/mol. The van der Waals surface area contributed by atoms with Gasteiger partial charge in [-0.2, -0.15) is 4.63 Å². The number of H-pyrrole nitrogens is 1. The fourth-order valence-corrected chi connectivity index (χ4v) is 3.56. The van der Waals surface area contributed by atoms with Gasteiger partial charge in [0.1, 0.15) is 5.51 Å². The fraction of sp³-hybridized carbons (Fsp3) is 0.300. The Labute approximate surface area is 223 Å². The van der Waals surface area contributed by atoms with Crippen LogP contribution in [0.3, 0.4) is 0 Å². The van der Waals surface area contributed by atoms with E-state index in [-0.39, 0.29) is 50.1 Å². The van der Waals surface area contributed by atoms with Crippen molar-refractivity contribution in [1.82, 2.24) is 35.3 Å². The van der Waals surface area contributed by atoms with Gasteiger partial charge in [0.15, 0.2) is 11.5 Å². The predicted molar refractivity (Wildman–Crippen MR) is 120 cm³/mol. The normalized spacial score (nSPS) is 12.1. The number of aromatic nitrogens is 6. The molecule has 1 atom stereocenters. The van der Waals surface area contributed by atoms with Crippen molar-refractivity contribution in [1.29, 1.82) is 0 Å². The molecule has 1 amide bonds. The maximum atomic E-state index is 11.8. The van der Waals surface area contributed by atoms with Gasteiger partial charge in [-0.25, -0.2) is 9.78 Å². The van der Waals surface area contributed by atoms with E-state index in [1.54, 1.807) is 18.2 Å². The van der Waals surface area contributed by atoms with Gasteiger partial charge in [-0.05, 0) is 12.5 Å². The number of hydrogen-bond acceptors (Lipinski definition) is 9. The molecule has 3 heterocycles. The van der Waals surface area contributed by atoms with Crippen LogP contribution in [0.4, 0.5) is 10.8 Å². The summed E-state index contributed by atoms with van der Waals surface area (Å²) in [5, 5.41) is 36.4. The van der Waals surface area contributed by atoms with Gasteiger partial charge < -0.3 is 10.4 Å². The van der Waals surface area contributed by atoms with E-state index in [9.17, 15) is 14.7 Å². The number of aromatic carboxylic acids is 1. The van der Waals surface area contributed by atoms with Crippen molar-refractivity contribution in [3.63, 3.8) is 0 Å². The first-order valence-electron chi connectivity index (χ1n) is 10.2. The third-order valence-electron chi connectivity index (χ3n) is 4.82. The van der Waals surface area contributed by atoms with Gasteiger partial charge in [0, 0.05) is 57.2 Å². The summed E-state index contributed by atoms with van der Waals surface area (Å²) in [7, 11) is 0. The van der Waals surface area contributed by atoms with E-state index in [2.05, 4.69) is 40.9 Å². The van der Waals surface area contributed by atoms with Crippen LogP contribution in [0.2, 0.25) is 0 Å². The molecule has 14 heteroatoms. The van der Waals surface area contributed by atoms with Crippen LogP contribution < -0.4 is 5.32 Å². The molecule has 3 N–H and O–H groups in total. The number of fused-ring (bicyclic) bond motifs is 1. The number of azo groups is 1. The monoisotopic (exact) mass is 556 g/mol. The number of rotatable bonds is 9. The van der Waals surface area contributed by atoms with Gasteiger partial charge in [-0.3, -0.25) is 9.89 Å². The Morgan fingerprint density at radius 1 is 1.29 bits per heavy atom. The molecule has 34 heavy (non-hydrogen) atoms. The van der Waals surface area contributed by atoms with Crippen LogP contribution in [0.1, 0.15) is 48.8 Å². The summed E-state index contributed by atoms with van der Waals surface area (Å²) in [4.78, 5) is 28.1. The molecule has 0 aliphatic heterocycles. The number of carboxylic acid groups (broad SMARTS) is 1. The quantitative estimate of drug-likeness (QED) is 0.265. The number of nitrogens with one attached hydrogen (secondary N) is 2. The Morgan fingerprint density at radius 3 is 2.79 bits per heavy atom. The first-order valence-corrected chi connectivity index (χ1v) is 11.1. The third kappa shape index (κ3) is 5.59. The SMILES string of the molecule is CCCC(=O)NCC(C)c1nc2c(N=Nc3nncs3)c(-c3ccccc3C(=O)O)[nH]n2n1.[Y]. The topological polar surface area (TPSA) is 163 Å². The van der Waals surface area contributed by atoms with Gasteiger partial charge in [0.2, 0.25) is 11.6 Å². The van der Waals surface area contributed by atoms with Crippen LogP contribution in [-0.4, -0.2) is 53.5 Å². The van der Waals surface area contributed by atoms with Gasteiger partial charge in [-0.15, -0.1) is 25.5 Å². The summed E-state index contributed by atoms with van der Waals surface area (Å²) in [5.74, 6) is -0.742. The second-order valence-electron chi connectivity index (χ2n) is 7.27. The summed E-state index contributed by atoms with van der Waals surface area (Å²) < 4.78 is 1.43. The first-order chi connectivity index (χ1) is 16.0. The molecule has 4 rings (SSSR count). The minimum Gasteiger partial charge on any atom is -0.478 e. The number of hydrogen-bond donors (Lipinski definition) is 3. The number of nitrogens with zero attached hydrogens (tertiary/aromatic N) is 7. The first kappa shape index (κ1) is 25.7. The van der Waals surface area contributed by atoms with E-state index in [1.807, 2.05) is 13.8 Å². The molecule has 0 saturated carbocycles. The Hall–Kier alpha value is -2.90. The zero-order chi connectivity index (χ0) is 23.4. The number of carbonyl (C=O) groups excluding carboxylic acids is 1. The molecule has 0 fully saturated rings. The molecule has 0 aliphatic carbocycles. The minimum atomic E-state index is -1.07. The molecule has 1 radical (unpaired) electrons. The molecule has 1 unspecified atom stereocenters. The van der Waals surface area contributed by atoms with Gasteiger partial charge >= 0.3 is 5.97 Å².